The second-order valence-electron chi connectivity index (χ2n) is 4.94. The first-order chi connectivity index (χ1) is 10.2. The van der Waals surface area contributed by atoms with Crippen molar-refractivity contribution in [3.8, 4) is 5.75 Å². The SMILES string of the molecule is CCOC(=O)C1=Cc2c(O)cccc2C1c1ccccc1. The van der Waals surface area contributed by atoms with Crippen LogP contribution in [0.5, 0.6) is 5.75 Å². The van der Waals surface area contributed by atoms with Gasteiger partial charge in [-0.25, -0.2) is 4.79 Å². The molecule has 3 nitrogen and oxygen atoms in total. The van der Waals surface area contributed by atoms with Gasteiger partial charge in [0.25, 0.3) is 0 Å². The summed E-state index contributed by atoms with van der Waals surface area (Å²) >= 11 is 0. The number of fused-ring (bicyclic) bond motifs is 1. The van der Waals surface area contributed by atoms with Crippen LogP contribution in [-0.2, 0) is 9.53 Å². The van der Waals surface area contributed by atoms with Crippen molar-refractivity contribution >= 4 is 12.0 Å². The molecule has 1 atom stereocenters. The van der Waals surface area contributed by atoms with Crippen LogP contribution in [0.15, 0.2) is 54.1 Å². The van der Waals surface area contributed by atoms with Gasteiger partial charge in [0.1, 0.15) is 5.75 Å². The van der Waals surface area contributed by atoms with Crippen LogP contribution in [-0.4, -0.2) is 17.7 Å². The molecule has 21 heavy (non-hydrogen) atoms. The maximum absolute atomic E-state index is 12.2. The molecule has 0 fully saturated rings. The Morgan fingerprint density at radius 3 is 2.62 bits per heavy atom. The Morgan fingerprint density at radius 1 is 1.14 bits per heavy atom. The van der Waals surface area contributed by atoms with E-state index in [-0.39, 0.29) is 17.6 Å². The summed E-state index contributed by atoms with van der Waals surface area (Å²) in [6.45, 7) is 2.12. The number of phenols is 1. The Hall–Kier alpha value is -2.55. The second-order valence-corrected chi connectivity index (χ2v) is 4.94. The molecule has 0 radical (unpaired) electrons. The lowest BCUT2D eigenvalue weighted by Crippen LogP contribution is -2.13. The molecule has 3 rings (SSSR count). The zero-order valence-electron chi connectivity index (χ0n) is 11.7. The van der Waals surface area contributed by atoms with E-state index < -0.39 is 0 Å². The molecule has 2 aromatic carbocycles. The molecule has 1 N–H and O–H groups in total. The van der Waals surface area contributed by atoms with Gasteiger partial charge in [0.2, 0.25) is 0 Å². The molecule has 2 aromatic rings. The molecule has 1 unspecified atom stereocenters. The van der Waals surface area contributed by atoms with Crippen LogP contribution in [0.2, 0.25) is 0 Å². The van der Waals surface area contributed by atoms with Crippen LogP contribution < -0.4 is 0 Å². The van der Waals surface area contributed by atoms with Crippen molar-refractivity contribution in [1.82, 2.24) is 0 Å². The average molecular weight is 280 g/mol. The third kappa shape index (κ3) is 2.31. The number of carbonyl (C=O) groups is 1. The minimum Gasteiger partial charge on any atom is -0.507 e. The first-order valence-electron chi connectivity index (χ1n) is 6.98. The Morgan fingerprint density at radius 2 is 1.90 bits per heavy atom. The third-order valence-electron chi connectivity index (χ3n) is 3.68. The number of ether oxygens (including phenoxy) is 1. The first kappa shape index (κ1) is 13.4. The van der Waals surface area contributed by atoms with Crippen molar-refractivity contribution in [1.29, 1.82) is 0 Å². The van der Waals surface area contributed by atoms with Crippen LogP contribution in [0.3, 0.4) is 0 Å². The van der Waals surface area contributed by atoms with Crippen molar-refractivity contribution in [3.63, 3.8) is 0 Å². The molecule has 3 heteroatoms. The summed E-state index contributed by atoms with van der Waals surface area (Å²) in [5.41, 5.74) is 3.22. The minimum atomic E-state index is -0.332. The topological polar surface area (TPSA) is 46.5 Å². The molecule has 0 aliphatic heterocycles. The minimum absolute atomic E-state index is 0.188. The molecule has 0 spiro atoms. The van der Waals surface area contributed by atoms with Gasteiger partial charge in [-0.2, -0.15) is 0 Å². The van der Waals surface area contributed by atoms with Gasteiger partial charge in [-0.05, 0) is 30.2 Å². The van der Waals surface area contributed by atoms with Crippen LogP contribution in [0.1, 0.15) is 29.5 Å². The molecule has 0 aromatic heterocycles. The lowest BCUT2D eigenvalue weighted by molar-refractivity contribution is -0.138. The molecule has 1 aliphatic rings. The van der Waals surface area contributed by atoms with Gasteiger partial charge < -0.3 is 9.84 Å². The summed E-state index contributed by atoms with van der Waals surface area (Å²) in [5, 5.41) is 10.0. The van der Waals surface area contributed by atoms with Crippen LogP contribution in [0, 0.1) is 0 Å². The van der Waals surface area contributed by atoms with E-state index >= 15 is 0 Å². The Kier molecular flexibility index (Phi) is 3.48. The van der Waals surface area contributed by atoms with Crippen LogP contribution >= 0.6 is 0 Å². The van der Waals surface area contributed by atoms with Crippen molar-refractivity contribution in [3.05, 3.63) is 70.8 Å². The number of carbonyl (C=O) groups excluding carboxylic acids is 1. The zero-order valence-corrected chi connectivity index (χ0v) is 11.7. The summed E-state index contributed by atoms with van der Waals surface area (Å²) in [4.78, 5) is 12.2. The Bertz CT molecular complexity index is 702. The highest BCUT2D eigenvalue weighted by atomic mass is 16.5. The van der Waals surface area contributed by atoms with Gasteiger partial charge in [0.05, 0.1) is 6.61 Å². The van der Waals surface area contributed by atoms with Gasteiger partial charge in [-0.3, -0.25) is 0 Å². The predicted octanol–water partition coefficient (Wildman–Crippen LogP) is 3.48. The quantitative estimate of drug-likeness (QED) is 0.875. The van der Waals surface area contributed by atoms with Crippen molar-refractivity contribution < 1.29 is 14.6 Å². The molecule has 1 aliphatic carbocycles. The fourth-order valence-electron chi connectivity index (χ4n) is 2.78. The van der Waals surface area contributed by atoms with E-state index in [0.29, 0.717) is 17.7 Å². The summed E-state index contributed by atoms with van der Waals surface area (Å²) in [6, 6.07) is 15.2. The molecule has 0 heterocycles. The number of esters is 1. The van der Waals surface area contributed by atoms with Gasteiger partial charge >= 0.3 is 5.97 Å². The number of benzene rings is 2. The first-order valence-corrected chi connectivity index (χ1v) is 6.98. The van der Waals surface area contributed by atoms with Crippen LogP contribution in [0.25, 0.3) is 6.08 Å². The molecule has 0 bridgehead atoms. The summed E-state index contributed by atoms with van der Waals surface area (Å²) < 4.78 is 5.16. The van der Waals surface area contributed by atoms with E-state index in [0.717, 1.165) is 11.1 Å². The molecule has 106 valence electrons. The monoisotopic (exact) mass is 280 g/mol. The van der Waals surface area contributed by atoms with E-state index in [1.807, 2.05) is 36.4 Å². The smallest absolute Gasteiger partial charge is 0.334 e. The average Bonchev–Trinajstić information content (AvgIpc) is 2.89. The highest BCUT2D eigenvalue weighted by Crippen LogP contribution is 2.44. The van der Waals surface area contributed by atoms with Gasteiger partial charge in [-0.1, -0.05) is 42.5 Å². The van der Waals surface area contributed by atoms with Crippen LogP contribution in [0.4, 0.5) is 0 Å². The number of aromatic hydroxyl groups is 1. The number of hydrogen-bond donors (Lipinski definition) is 1. The number of phenolic OH excluding ortho intramolecular Hbond substituents is 1. The lowest BCUT2D eigenvalue weighted by atomic mass is 9.88. The van der Waals surface area contributed by atoms with Crippen molar-refractivity contribution in [2.45, 2.75) is 12.8 Å². The van der Waals surface area contributed by atoms with E-state index in [9.17, 15) is 9.90 Å². The largest absolute Gasteiger partial charge is 0.507 e. The zero-order chi connectivity index (χ0) is 14.8. The maximum atomic E-state index is 12.2. The Balaban J connectivity index is 2.13. The standard InChI is InChI=1S/C18H16O3/c1-2-21-18(20)15-11-14-13(9-6-10-16(14)19)17(15)12-7-4-3-5-8-12/h3-11,17,19H,2H2,1H3. The van der Waals surface area contributed by atoms with E-state index in [2.05, 4.69) is 0 Å². The fourth-order valence-corrected chi connectivity index (χ4v) is 2.78. The molecule has 0 saturated carbocycles. The highest BCUT2D eigenvalue weighted by molar-refractivity contribution is 6.00. The third-order valence-corrected chi connectivity index (χ3v) is 3.68. The van der Waals surface area contributed by atoms with Crippen molar-refractivity contribution in [2.75, 3.05) is 6.61 Å². The highest BCUT2D eigenvalue weighted by Gasteiger charge is 2.33. The van der Waals surface area contributed by atoms with Gasteiger partial charge in [0.15, 0.2) is 0 Å². The summed E-state index contributed by atoms with van der Waals surface area (Å²) in [5.74, 6) is -0.331. The van der Waals surface area contributed by atoms with E-state index in [1.54, 1.807) is 25.1 Å². The summed E-state index contributed by atoms with van der Waals surface area (Å²) in [7, 11) is 0. The predicted molar refractivity (Wildman–Crippen MR) is 81.0 cm³/mol. The van der Waals surface area contributed by atoms with E-state index in [4.69, 9.17) is 4.74 Å². The van der Waals surface area contributed by atoms with Gasteiger partial charge in [-0.15, -0.1) is 0 Å². The normalized spacial score (nSPS) is 16.2. The van der Waals surface area contributed by atoms with Crippen molar-refractivity contribution in [2.24, 2.45) is 0 Å². The molecular weight excluding hydrogens is 264 g/mol. The Labute approximate surface area is 123 Å². The van der Waals surface area contributed by atoms with E-state index in [1.165, 1.54) is 0 Å². The number of rotatable bonds is 3. The molecule has 0 saturated heterocycles. The lowest BCUT2D eigenvalue weighted by Gasteiger charge is -2.16. The second kappa shape index (κ2) is 5.44. The maximum Gasteiger partial charge on any atom is 0.334 e. The summed E-state index contributed by atoms with van der Waals surface area (Å²) in [6.07, 6.45) is 1.74. The molecular formula is C18H16O3. The number of hydrogen-bond acceptors (Lipinski definition) is 3. The molecule has 0 amide bonds. The fraction of sp³-hybridized carbons (Fsp3) is 0.167. The van der Waals surface area contributed by atoms with Gasteiger partial charge in [0, 0.05) is 17.1 Å².